The van der Waals surface area contributed by atoms with Gasteiger partial charge in [0.2, 0.25) is 0 Å². The number of aliphatic hydroxyl groups is 1. The molecule has 7 nitrogen and oxygen atoms in total. The van der Waals surface area contributed by atoms with Gasteiger partial charge in [0.15, 0.2) is 0 Å². The van der Waals surface area contributed by atoms with Crippen LogP contribution in [0.15, 0.2) is 6.07 Å². The monoisotopic (exact) mass is 291 g/mol. The van der Waals surface area contributed by atoms with Crippen molar-refractivity contribution < 1.29 is 9.90 Å². The second-order valence-electron chi connectivity index (χ2n) is 5.83. The summed E-state index contributed by atoms with van der Waals surface area (Å²) in [5, 5.41) is 23.2. The first-order chi connectivity index (χ1) is 9.75. The van der Waals surface area contributed by atoms with Gasteiger partial charge in [-0.15, -0.1) is 0 Å². The van der Waals surface area contributed by atoms with Crippen molar-refractivity contribution in [1.29, 1.82) is 0 Å². The van der Waals surface area contributed by atoms with Crippen LogP contribution in [0.3, 0.4) is 0 Å². The summed E-state index contributed by atoms with van der Waals surface area (Å²) in [6, 6.07) is 1.69. The second-order valence-corrected chi connectivity index (χ2v) is 5.83. The Morgan fingerprint density at radius 1 is 1.48 bits per heavy atom. The average molecular weight is 291 g/mol. The van der Waals surface area contributed by atoms with Gasteiger partial charge in [0.1, 0.15) is 5.69 Å². The van der Waals surface area contributed by atoms with E-state index < -0.39 is 5.54 Å². The lowest BCUT2D eigenvalue weighted by atomic mass is 10.1. The number of hydrogen-bond donors (Lipinski definition) is 3. The van der Waals surface area contributed by atoms with Gasteiger partial charge in [0.25, 0.3) is 5.91 Å². The molecule has 0 bridgehead atoms. The summed E-state index contributed by atoms with van der Waals surface area (Å²) in [6.45, 7) is 7.22. The smallest absolute Gasteiger partial charge is 0.269 e. The average Bonchev–Trinajstić information content (AvgIpc) is 2.95. The number of carbonyl (C=O) groups excluding carboxylic acids is 1. The minimum atomic E-state index is -0.678. The first-order valence-electron chi connectivity index (χ1n) is 6.74. The summed E-state index contributed by atoms with van der Waals surface area (Å²) in [7, 11) is 1.87. The van der Waals surface area contributed by atoms with Crippen LogP contribution in [0.2, 0.25) is 0 Å². The lowest BCUT2D eigenvalue weighted by molar-refractivity contribution is 0.0864. The molecule has 21 heavy (non-hydrogen) atoms. The Bertz CT molecular complexity index is 669. The minimum Gasteiger partial charge on any atom is -0.394 e. The molecule has 1 amide bonds. The van der Waals surface area contributed by atoms with E-state index in [1.54, 1.807) is 24.6 Å². The van der Waals surface area contributed by atoms with Crippen LogP contribution in [-0.4, -0.2) is 43.1 Å². The van der Waals surface area contributed by atoms with Gasteiger partial charge in [0, 0.05) is 18.3 Å². The largest absolute Gasteiger partial charge is 0.394 e. The Balaban J connectivity index is 2.28. The summed E-state index contributed by atoms with van der Waals surface area (Å²) in [4.78, 5) is 12.1. The summed E-state index contributed by atoms with van der Waals surface area (Å²) < 4.78 is 1.79. The van der Waals surface area contributed by atoms with Crippen LogP contribution in [0.5, 0.6) is 0 Å². The summed E-state index contributed by atoms with van der Waals surface area (Å²) >= 11 is 0. The number of nitrogens with zero attached hydrogens (tertiary/aromatic N) is 3. The number of H-pyrrole nitrogens is 1. The molecule has 0 aromatic carbocycles. The van der Waals surface area contributed by atoms with E-state index >= 15 is 0 Å². The fourth-order valence-electron chi connectivity index (χ4n) is 2.12. The van der Waals surface area contributed by atoms with Crippen LogP contribution < -0.4 is 5.32 Å². The zero-order chi connectivity index (χ0) is 15.8. The topological polar surface area (TPSA) is 95.8 Å². The van der Waals surface area contributed by atoms with Gasteiger partial charge in [-0.25, -0.2) is 0 Å². The van der Waals surface area contributed by atoms with E-state index in [9.17, 15) is 9.90 Å². The maximum absolute atomic E-state index is 12.1. The third-order valence-corrected chi connectivity index (χ3v) is 3.43. The van der Waals surface area contributed by atoms with E-state index in [0.717, 1.165) is 17.0 Å². The fraction of sp³-hybridized carbons (Fsp3) is 0.500. The number of amides is 1. The van der Waals surface area contributed by atoms with Crippen LogP contribution in [0, 0.1) is 13.8 Å². The van der Waals surface area contributed by atoms with E-state index in [1.165, 1.54) is 0 Å². The van der Waals surface area contributed by atoms with Gasteiger partial charge >= 0.3 is 0 Å². The molecule has 3 N–H and O–H groups in total. The third-order valence-electron chi connectivity index (χ3n) is 3.43. The van der Waals surface area contributed by atoms with Gasteiger partial charge in [0.05, 0.1) is 23.5 Å². The lowest BCUT2D eigenvalue weighted by Gasteiger charge is -2.22. The van der Waals surface area contributed by atoms with Crippen molar-refractivity contribution in [3.8, 4) is 11.3 Å². The van der Waals surface area contributed by atoms with Gasteiger partial charge in [-0.3, -0.25) is 14.6 Å². The number of aromatic nitrogens is 4. The van der Waals surface area contributed by atoms with Gasteiger partial charge in [-0.2, -0.15) is 10.2 Å². The van der Waals surface area contributed by atoms with Crippen molar-refractivity contribution in [1.82, 2.24) is 25.3 Å². The number of aliphatic hydroxyl groups excluding tert-OH is 1. The quantitative estimate of drug-likeness (QED) is 0.780. The number of hydrogen-bond acceptors (Lipinski definition) is 4. The van der Waals surface area contributed by atoms with Crippen LogP contribution in [0.25, 0.3) is 11.3 Å². The van der Waals surface area contributed by atoms with Crippen molar-refractivity contribution in [3.05, 3.63) is 23.1 Å². The number of nitrogens with one attached hydrogen (secondary N) is 2. The van der Waals surface area contributed by atoms with Crippen LogP contribution in [0.4, 0.5) is 0 Å². The molecule has 0 saturated carbocycles. The highest BCUT2D eigenvalue weighted by Crippen LogP contribution is 2.25. The molecule has 0 spiro atoms. The standard InChI is InChI=1S/C14H21N5O2/c1-8-12(9(2)19(5)18-8)10-6-11(17-16-10)13(21)15-14(3,4)7-20/h6,20H,7H2,1-5H3,(H,15,21)(H,16,17). The van der Waals surface area contributed by atoms with E-state index in [0.29, 0.717) is 11.4 Å². The van der Waals surface area contributed by atoms with Crippen LogP contribution >= 0.6 is 0 Å². The molecular formula is C14H21N5O2. The first kappa shape index (κ1) is 15.2. The van der Waals surface area contributed by atoms with Crippen molar-refractivity contribution in [2.24, 2.45) is 7.05 Å². The zero-order valence-electron chi connectivity index (χ0n) is 13.0. The number of rotatable bonds is 4. The number of aromatic amines is 1. The Hall–Kier alpha value is -2.15. The molecular weight excluding hydrogens is 270 g/mol. The van der Waals surface area contributed by atoms with Crippen LogP contribution in [0.1, 0.15) is 35.7 Å². The van der Waals surface area contributed by atoms with Crippen molar-refractivity contribution in [2.75, 3.05) is 6.61 Å². The molecule has 0 unspecified atom stereocenters. The molecule has 0 fully saturated rings. The molecule has 7 heteroatoms. The van der Waals surface area contributed by atoms with Gasteiger partial charge < -0.3 is 10.4 Å². The molecule has 2 rings (SSSR count). The van der Waals surface area contributed by atoms with Crippen molar-refractivity contribution >= 4 is 5.91 Å². The molecule has 114 valence electrons. The lowest BCUT2D eigenvalue weighted by Crippen LogP contribution is -2.46. The molecule has 0 radical (unpaired) electrons. The number of aryl methyl sites for hydroxylation is 2. The van der Waals surface area contributed by atoms with E-state index in [2.05, 4.69) is 20.6 Å². The Morgan fingerprint density at radius 3 is 2.67 bits per heavy atom. The Labute approximate surface area is 123 Å². The van der Waals surface area contributed by atoms with E-state index in [1.807, 2.05) is 20.9 Å². The minimum absolute atomic E-state index is 0.138. The molecule has 0 aliphatic heterocycles. The second kappa shape index (κ2) is 5.33. The highest BCUT2D eigenvalue weighted by atomic mass is 16.3. The predicted octanol–water partition coefficient (Wildman–Crippen LogP) is 0.928. The van der Waals surface area contributed by atoms with Crippen molar-refractivity contribution in [3.63, 3.8) is 0 Å². The van der Waals surface area contributed by atoms with Crippen molar-refractivity contribution in [2.45, 2.75) is 33.2 Å². The van der Waals surface area contributed by atoms with E-state index in [-0.39, 0.29) is 12.5 Å². The number of carbonyl (C=O) groups is 1. The molecule has 0 atom stereocenters. The fourth-order valence-corrected chi connectivity index (χ4v) is 2.12. The third kappa shape index (κ3) is 2.97. The highest BCUT2D eigenvalue weighted by Gasteiger charge is 2.22. The maximum atomic E-state index is 12.1. The molecule has 0 aliphatic rings. The van der Waals surface area contributed by atoms with Crippen LogP contribution in [-0.2, 0) is 7.05 Å². The Kier molecular flexibility index (Phi) is 3.87. The molecule has 0 saturated heterocycles. The summed E-state index contributed by atoms with van der Waals surface area (Å²) in [5.41, 5.74) is 3.14. The normalized spacial score (nSPS) is 11.7. The highest BCUT2D eigenvalue weighted by molar-refractivity contribution is 5.94. The summed E-state index contributed by atoms with van der Waals surface area (Å²) in [5.74, 6) is -0.299. The van der Waals surface area contributed by atoms with Gasteiger partial charge in [-0.1, -0.05) is 0 Å². The molecule has 2 aromatic heterocycles. The zero-order valence-corrected chi connectivity index (χ0v) is 13.0. The summed E-state index contributed by atoms with van der Waals surface area (Å²) in [6.07, 6.45) is 0. The van der Waals surface area contributed by atoms with E-state index in [4.69, 9.17) is 0 Å². The SMILES string of the molecule is Cc1nn(C)c(C)c1-c1cc(C(=O)NC(C)(C)CO)[nH]n1. The van der Waals surface area contributed by atoms with Gasteiger partial charge in [-0.05, 0) is 33.8 Å². The molecule has 2 aromatic rings. The first-order valence-corrected chi connectivity index (χ1v) is 6.74. The Morgan fingerprint density at radius 2 is 2.14 bits per heavy atom. The predicted molar refractivity (Wildman–Crippen MR) is 78.9 cm³/mol. The molecule has 0 aliphatic carbocycles. The molecule has 2 heterocycles. The maximum Gasteiger partial charge on any atom is 0.269 e.